The lowest BCUT2D eigenvalue weighted by atomic mass is 9.87. The number of thiophene rings is 1. The Morgan fingerprint density at radius 2 is 1.88 bits per heavy atom. The van der Waals surface area contributed by atoms with E-state index in [1.54, 1.807) is 18.2 Å². The molecule has 0 bridgehead atoms. The number of anilines is 1. The molecule has 0 aliphatic carbocycles. The van der Waals surface area contributed by atoms with Gasteiger partial charge in [0.15, 0.2) is 0 Å². The smallest absolute Gasteiger partial charge is 0.396 e. The maximum absolute atomic E-state index is 15.8. The van der Waals surface area contributed by atoms with Gasteiger partial charge < -0.3 is 40.3 Å². The van der Waals surface area contributed by atoms with Crippen molar-refractivity contribution in [1.82, 2.24) is 30.1 Å². The Hall–Kier alpha value is -3.88. The van der Waals surface area contributed by atoms with E-state index in [9.17, 15) is 38.4 Å². The number of nitrogens with zero attached hydrogens (tertiary/aromatic N) is 5. The fraction of sp³-hybridized carbons (Fsp3) is 0.562. The van der Waals surface area contributed by atoms with Crippen LogP contribution in [0.1, 0.15) is 68.8 Å². The van der Waals surface area contributed by atoms with Gasteiger partial charge in [0.2, 0.25) is 11.7 Å². The molecule has 1 fully saturated rings. The number of halogens is 4. The van der Waals surface area contributed by atoms with Gasteiger partial charge in [0.25, 0.3) is 11.8 Å². The lowest BCUT2D eigenvalue weighted by Gasteiger charge is -2.45. The zero-order valence-electron chi connectivity index (χ0n) is 28.5. The molecule has 14 nitrogen and oxygen atoms in total. The normalized spacial score (nSPS) is 20.6. The molecule has 1 aliphatic heterocycles. The summed E-state index contributed by atoms with van der Waals surface area (Å²) in [5, 5.41) is 51.7. The van der Waals surface area contributed by atoms with Crippen molar-refractivity contribution < 1.29 is 52.0 Å². The van der Waals surface area contributed by atoms with Crippen molar-refractivity contribution in [1.29, 1.82) is 0 Å². The highest BCUT2D eigenvalue weighted by Crippen LogP contribution is 2.44. The Labute approximate surface area is 294 Å². The van der Waals surface area contributed by atoms with E-state index in [1.165, 1.54) is 13.8 Å². The van der Waals surface area contributed by atoms with E-state index >= 15 is 4.39 Å². The molecular weight excluding hydrogens is 702 g/mol. The number of likely N-dealkylation sites (tertiary alicyclic amines) is 1. The number of carbonyl (C=O) groups is 1. The van der Waals surface area contributed by atoms with Gasteiger partial charge in [-0.1, -0.05) is 31.1 Å². The highest BCUT2D eigenvalue weighted by molar-refractivity contribution is 7.23. The van der Waals surface area contributed by atoms with Crippen LogP contribution in [0.2, 0.25) is 0 Å². The zero-order chi connectivity index (χ0) is 37.5. The lowest BCUT2D eigenvalue weighted by Crippen LogP contribution is -2.57. The fourth-order valence-electron chi connectivity index (χ4n) is 6.41. The minimum Gasteiger partial charge on any atom is -0.396 e. The summed E-state index contributed by atoms with van der Waals surface area (Å²) in [6, 6.07) is 4.15. The van der Waals surface area contributed by atoms with Gasteiger partial charge in [-0.05, 0) is 57.2 Å². The second-order valence-corrected chi connectivity index (χ2v) is 14.3. The van der Waals surface area contributed by atoms with Crippen molar-refractivity contribution in [3.05, 3.63) is 41.4 Å². The van der Waals surface area contributed by atoms with Crippen molar-refractivity contribution in [2.24, 2.45) is 0 Å². The Kier molecular flexibility index (Phi) is 11.0. The maximum atomic E-state index is 15.8. The topological polar surface area (TPSA) is 191 Å². The minimum atomic E-state index is -4.59. The van der Waals surface area contributed by atoms with E-state index in [4.69, 9.17) is 4.52 Å². The fourth-order valence-corrected chi connectivity index (χ4v) is 7.63. The second kappa shape index (κ2) is 14.6. The molecular formula is C32H41F4N7O7S. The Bertz CT molecular complexity index is 1830. The third-order valence-corrected chi connectivity index (χ3v) is 9.91. The number of carbonyl (C=O) groups excluding carboxylic acids is 1. The van der Waals surface area contributed by atoms with Gasteiger partial charge in [0.1, 0.15) is 11.7 Å². The first-order chi connectivity index (χ1) is 23.8. The van der Waals surface area contributed by atoms with Crippen molar-refractivity contribution in [2.75, 3.05) is 12.4 Å². The number of nitrogens with one attached hydrogen (secondary N) is 2. The molecule has 280 valence electrons. The first-order valence-corrected chi connectivity index (χ1v) is 17.1. The first-order valence-electron chi connectivity index (χ1n) is 16.3. The standard InChI is InChI=1S/C32H41F4N7O7S/c1-6-16-11-21(24(33)22(7-2)42(16)5)38-20-10-8-9-17-18(12-31(34,35)36)26(51-25(17)20)27-39-23(50-41-27)13-37-28(44)19-14-43(15-30(3,4)45)40-29(19)49-32(46,47)48/h8-10,14,16,21-22,24,38,45-48H,6-7,11-13,15H2,1-5H3,(H,37,44). The average molecular weight is 744 g/mol. The highest BCUT2D eigenvalue weighted by Gasteiger charge is 2.41. The molecule has 3 aromatic heterocycles. The van der Waals surface area contributed by atoms with Crippen LogP contribution in [0, 0.1) is 0 Å². The molecule has 1 amide bonds. The maximum Gasteiger partial charge on any atom is 0.454 e. The van der Waals surface area contributed by atoms with E-state index in [0.29, 0.717) is 28.6 Å². The van der Waals surface area contributed by atoms with Crippen molar-refractivity contribution >= 4 is 33.0 Å². The van der Waals surface area contributed by atoms with Gasteiger partial charge in [-0.15, -0.1) is 16.4 Å². The number of alkyl halides is 4. The molecule has 1 saturated heterocycles. The quantitative estimate of drug-likeness (QED) is 0.0856. The zero-order valence-corrected chi connectivity index (χ0v) is 29.3. The third-order valence-electron chi connectivity index (χ3n) is 8.63. The number of piperidine rings is 1. The van der Waals surface area contributed by atoms with Crippen molar-refractivity contribution in [2.45, 2.75) is 109 Å². The number of fused-ring (bicyclic) bond motifs is 1. The van der Waals surface area contributed by atoms with Crippen molar-refractivity contribution in [3.63, 3.8) is 0 Å². The van der Waals surface area contributed by atoms with Crippen LogP contribution in [0.25, 0.3) is 20.8 Å². The average Bonchev–Trinajstić information content (AvgIpc) is 3.73. The summed E-state index contributed by atoms with van der Waals surface area (Å²) in [6.45, 7) is 6.33. The van der Waals surface area contributed by atoms with Crippen LogP contribution in [-0.2, 0) is 19.5 Å². The monoisotopic (exact) mass is 743 g/mol. The molecule has 51 heavy (non-hydrogen) atoms. The molecule has 4 aromatic rings. The van der Waals surface area contributed by atoms with Crippen molar-refractivity contribution in [3.8, 4) is 16.6 Å². The highest BCUT2D eigenvalue weighted by atomic mass is 32.1. The van der Waals surface area contributed by atoms with Crippen LogP contribution in [0.5, 0.6) is 5.88 Å². The van der Waals surface area contributed by atoms with E-state index in [-0.39, 0.29) is 46.3 Å². The van der Waals surface area contributed by atoms with Crippen LogP contribution >= 0.6 is 11.3 Å². The van der Waals surface area contributed by atoms with Crippen LogP contribution in [0.15, 0.2) is 28.9 Å². The van der Waals surface area contributed by atoms with Gasteiger partial charge >= 0.3 is 12.3 Å². The summed E-state index contributed by atoms with van der Waals surface area (Å²) in [4.78, 5) is 19.4. The molecule has 4 unspecified atom stereocenters. The second-order valence-electron chi connectivity index (χ2n) is 13.2. The molecule has 4 heterocycles. The van der Waals surface area contributed by atoms with Gasteiger partial charge in [-0.25, -0.2) is 4.39 Å². The molecule has 0 radical (unpaired) electrons. The van der Waals surface area contributed by atoms with E-state index in [0.717, 1.165) is 28.6 Å². The third kappa shape index (κ3) is 9.14. The predicted molar refractivity (Wildman–Crippen MR) is 177 cm³/mol. The number of hydrogen-bond acceptors (Lipinski definition) is 13. The van der Waals surface area contributed by atoms with Gasteiger partial charge in [0.05, 0.1) is 46.4 Å². The Morgan fingerprint density at radius 3 is 2.51 bits per heavy atom. The number of benzene rings is 1. The van der Waals surface area contributed by atoms with Crippen LogP contribution < -0.4 is 15.4 Å². The summed E-state index contributed by atoms with van der Waals surface area (Å²) >= 11 is 1.01. The number of ether oxygens (including phenoxy) is 1. The molecule has 5 rings (SSSR count). The SMILES string of the molecule is CCC1CC(Nc2cccc3c(CC(F)(F)F)c(-c4noc(CNC(=O)c5cn(CC(C)(C)O)nc5OC(O)(O)O)n4)sc23)C(F)C(CC)N1C. The molecule has 6 N–H and O–H groups in total. The minimum absolute atomic E-state index is 0.0814. The summed E-state index contributed by atoms with van der Waals surface area (Å²) < 4.78 is 68.9. The van der Waals surface area contributed by atoms with Gasteiger partial charge in [0, 0.05) is 18.3 Å². The molecule has 1 aliphatic rings. The van der Waals surface area contributed by atoms with E-state index < -0.39 is 54.9 Å². The summed E-state index contributed by atoms with van der Waals surface area (Å²) in [7, 11) is 1.91. The number of aromatic nitrogens is 4. The number of hydrogen-bond donors (Lipinski definition) is 6. The van der Waals surface area contributed by atoms with Gasteiger partial charge in [-0.3, -0.25) is 14.4 Å². The Balaban J connectivity index is 1.41. The molecule has 4 atom stereocenters. The van der Waals surface area contributed by atoms with E-state index in [2.05, 4.69) is 35.5 Å². The van der Waals surface area contributed by atoms with E-state index in [1.807, 2.05) is 20.9 Å². The summed E-state index contributed by atoms with van der Waals surface area (Å²) in [5.74, 6) is -1.92. The Morgan fingerprint density at radius 1 is 1.16 bits per heavy atom. The molecule has 19 heteroatoms. The van der Waals surface area contributed by atoms with Gasteiger partial charge in [-0.2, -0.15) is 18.2 Å². The first kappa shape index (κ1) is 38.4. The van der Waals surface area contributed by atoms with Crippen LogP contribution in [0.3, 0.4) is 0 Å². The summed E-state index contributed by atoms with van der Waals surface area (Å²) in [6.07, 6.45) is -7.69. The molecule has 0 saturated carbocycles. The predicted octanol–water partition coefficient (Wildman–Crippen LogP) is 3.93. The number of amides is 1. The number of aliphatic hydroxyl groups is 4. The largest absolute Gasteiger partial charge is 0.454 e. The molecule has 1 aromatic carbocycles. The lowest BCUT2D eigenvalue weighted by molar-refractivity contribution is -0.420. The summed E-state index contributed by atoms with van der Waals surface area (Å²) in [5.41, 5.74) is -1.25. The number of rotatable bonds is 13. The molecule has 0 spiro atoms. The van der Waals surface area contributed by atoms with Crippen LogP contribution in [0.4, 0.5) is 23.2 Å². The van der Waals surface area contributed by atoms with Crippen LogP contribution in [-0.4, -0.2) is 100 Å².